The van der Waals surface area contributed by atoms with E-state index in [2.05, 4.69) is 15.3 Å². The third kappa shape index (κ3) is 3.83. The summed E-state index contributed by atoms with van der Waals surface area (Å²) in [5, 5.41) is 2.95. The van der Waals surface area contributed by atoms with Gasteiger partial charge in [0.1, 0.15) is 5.65 Å². The molecule has 0 fully saturated rings. The van der Waals surface area contributed by atoms with E-state index in [1.165, 1.54) is 11.8 Å². The Labute approximate surface area is 153 Å². The van der Waals surface area contributed by atoms with Gasteiger partial charge in [-0.25, -0.2) is 9.97 Å². The van der Waals surface area contributed by atoms with Crippen LogP contribution in [0.15, 0.2) is 59.2 Å². The molecule has 0 atom stereocenters. The Hall–Kier alpha value is -2.38. The first-order chi connectivity index (χ1) is 12.3. The smallest absolute Gasteiger partial charge is 0.230 e. The average Bonchev–Trinajstić information content (AvgIpc) is 3.23. The van der Waals surface area contributed by atoms with Crippen LogP contribution in [-0.2, 0) is 11.2 Å². The van der Waals surface area contributed by atoms with Gasteiger partial charge in [0, 0.05) is 25.4 Å². The normalized spacial score (nSPS) is 11.2. The van der Waals surface area contributed by atoms with Crippen molar-refractivity contribution in [2.24, 2.45) is 0 Å². The fraction of sp³-hybridized carbons (Fsp3) is 0.167. The molecular weight excluding hydrogens is 352 g/mol. The summed E-state index contributed by atoms with van der Waals surface area (Å²) in [7, 11) is 0. The van der Waals surface area contributed by atoms with Crippen LogP contribution >= 0.6 is 23.1 Å². The number of rotatable bonds is 6. The summed E-state index contributed by atoms with van der Waals surface area (Å²) in [6.45, 7) is 0.586. The molecule has 0 aliphatic heterocycles. The number of hydrogen-bond donors (Lipinski definition) is 1. The molecule has 3 aromatic heterocycles. The second-order valence-corrected chi connectivity index (χ2v) is 7.79. The topological polar surface area (TPSA) is 59.3 Å². The zero-order valence-corrected chi connectivity index (χ0v) is 15.0. The molecule has 0 bridgehead atoms. The molecule has 0 aliphatic carbocycles. The van der Waals surface area contributed by atoms with Crippen LogP contribution in [-0.4, -0.2) is 32.6 Å². The van der Waals surface area contributed by atoms with Crippen LogP contribution in [0.3, 0.4) is 0 Å². The number of thioether (sulfide) groups is 1. The minimum absolute atomic E-state index is 0.0213. The van der Waals surface area contributed by atoms with Crippen LogP contribution < -0.4 is 5.32 Å². The SMILES string of the molecule is O=C(CSc1nc2ccccc2s1)NCCc1cn2ccccc2n1. The molecule has 25 heavy (non-hydrogen) atoms. The van der Waals surface area contributed by atoms with E-state index >= 15 is 0 Å². The first-order valence-electron chi connectivity index (χ1n) is 7.95. The van der Waals surface area contributed by atoms with Gasteiger partial charge in [0.25, 0.3) is 0 Å². The minimum Gasteiger partial charge on any atom is -0.355 e. The zero-order chi connectivity index (χ0) is 17.1. The summed E-state index contributed by atoms with van der Waals surface area (Å²) < 4.78 is 4.06. The highest BCUT2D eigenvalue weighted by atomic mass is 32.2. The number of aromatic nitrogens is 3. The summed E-state index contributed by atoms with van der Waals surface area (Å²) in [4.78, 5) is 21.1. The first kappa shape index (κ1) is 16.1. The van der Waals surface area contributed by atoms with E-state index in [-0.39, 0.29) is 5.91 Å². The van der Waals surface area contributed by atoms with Gasteiger partial charge in [-0.05, 0) is 24.3 Å². The highest BCUT2D eigenvalue weighted by Gasteiger charge is 2.08. The highest BCUT2D eigenvalue weighted by Crippen LogP contribution is 2.28. The Morgan fingerprint density at radius 1 is 1.16 bits per heavy atom. The van der Waals surface area contributed by atoms with Crippen LogP contribution in [0, 0.1) is 0 Å². The average molecular weight is 368 g/mol. The molecule has 4 rings (SSSR count). The van der Waals surface area contributed by atoms with Crippen LogP contribution in [0.2, 0.25) is 0 Å². The number of para-hydroxylation sites is 1. The van der Waals surface area contributed by atoms with E-state index in [0.717, 1.165) is 32.3 Å². The lowest BCUT2D eigenvalue weighted by Gasteiger charge is -2.02. The molecule has 0 aliphatic rings. The van der Waals surface area contributed by atoms with E-state index < -0.39 is 0 Å². The number of benzene rings is 1. The van der Waals surface area contributed by atoms with E-state index in [1.54, 1.807) is 11.3 Å². The molecular formula is C18H16N4OS2. The number of nitrogens with one attached hydrogen (secondary N) is 1. The summed E-state index contributed by atoms with van der Waals surface area (Å²) in [6.07, 6.45) is 4.69. The third-order valence-corrected chi connectivity index (χ3v) is 5.90. The number of carbonyl (C=O) groups excluding carboxylic acids is 1. The van der Waals surface area contributed by atoms with Crippen molar-refractivity contribution < 1.29 is 4.79 Å². The van der Waals surface area contributed by atoms with E-state index in [4.69, 9.17) is 0 Å². The number of hydrogen-bond acceptors (Lipinski definition) is 5. The lowest BCUT2D eigenvalue weighted by atomic mass is 10.3. The molecule has 1 amide bonds. The van der Waals surface area contributed by atoms with Crippen molar-refractivity contribution in [1.29, 1.82) is 0 Å². The van der Waals surface area contributed by atoms with Gasteiger partial charge in [-0.15, -0.1) is 11.3 Å². The second-order valence-electron chi connectivity index (χ2n) is 5.53. The Morgan fingerprint density at radius 3 is 2.92 bits per heavy atom. The number of imidazole rings is 1. The molecule has 0 radical (unpaired) electrons. The fourth-order valence-corrected chi connectivity index (χ4v) is 4.43. The number of carbonyl (C=O) groups is 1. The number of pyridine rings is 1. The van der Waals surface area contributed by atoms with Gasteiger partial charge in [-0.2, -0.15) is 0 Å². The van der Waals surface area contributed by atoms with Gasteiger partial charge in [0.15, 0.2) is 4.34 Å². The van der Waals surface area contributed by atoms with Crippen molar-refractivity contribution >= 4 is 44.9 Å². The predicted molar refractivity (Wildman–Crippen MR) is 102 cm³/mol. The monoisotopic (exact) mass is 368 g/mol. The maximum absolute atomic E-state index is 12.0. The van der Waals surface area contributed by atoms with E-state index in [1.807, 2.05) is 59.3 Å². The molecule has 0 saturated carbocycles. The summed E-state index contributed by atoms with van der Waals surface area (Å²) >= 11 is 3.10. The largest absolute Gasteiger partial charge is 0.355 e. The Balaban J connectivity index is 1.26. The molecule has 3 heterocycles. The fourth-order valence-electron chi connectivity index (χ4n) is 2.53. The van der Waals surface area contributed by atoms with Gasteiger partial charge >= 0.3 is 0 Å². The van der Waals surface area contributed by atoms with Gasteiger partial charge in [0.05, 0.1) is 21.7 Å². The predicted octanol–water partition coefficient (Wildman–Crippen LogP) is 3.40. The van der Waals surface area contributed by atoms with Gasteiger partial charge in [-0.3, -0.25) is 4.79 Å². The molecule has 1 aromatic carbocycles. The van der Waals surface area contributed by atoms with Crippen molar-refractivity contribution in [3.8, 4) is 0 Å². The maximum atomic E-state index is 12.0. The quantitative estimate of drug-likeness (QED) is 0.530. The van der Waals surface area contributed by atoms with Crippen LogP contribution in [0.25, 0.3) is 15.9 Å². The van der Waals surface area contributed by atoms with Crippen molar-refractivity contribution in [1.82, 2.24) is 19.7 Å². The van der Waals surface area contributed by atoms with Crippen molar-refractivity contribution in [2.45, 2.75) is 10.8 Å². The van der Waals surface area contributed by atoms with Gasteiger partial charge in [-0.1, -0.05) is 30.0 Å². The molecule has 0 saturated heterocycles. The lowest BCUT2D eigenvalue weighted by molar-refractivity contribution is -0.118. The van der Waals surface area contributed by atoms with Crippen LogP contribution in [0.4, 0.5) is 0 Å². The molecule has 126 valence electrons. The van der Waals surface area contributed by atoms with Crippen molar-refractivity contribution in [3.63, 3.8) is 0 Å². The number of amides is 1. The summed E-state index contributed by atoms with van der Waals surface area (Å²) in [5.41, 5.74) is 2.89. The molecule has 5 nitrogen and oxygen atoms in total. The van der Waals surface area contributed by atoms with Crippen molar-refractivity contribution in [2.75, 3.05) is 12.3 Å². The molecule has 0 spiro atoms. The number of nitrogens with zero attached hydrogens (tertiary/aromatic N) is 3. The molecule has 7 heteroatoms. The minimum atomic E-state index is 0.0213. The molecule has 0 unspecified atom stereocenters. The summed E-state index contributed by atoms with van der Waals surface area (Å²) in [6, 6.07) is 13.9. The van der Waals surface area contributed by atoms with Crippen molar-refractivity contribution in [3.05, 3.63) is 60.6 Å². The van der Waals surface area contributed by atoms with E-state index in [0.29, 0.717) is 12.3 Å². The van der Waals surface area contributed by atoms with Gasteiger partial charge < -0.3 is 9.72 Å². The third-order valence-electron chi connectivity index (χ3n) is 3.72. The maximum Gasteiger partial charge on any atom is 0.230 e. The number of fused-ring (bicyclic) bond motifs is 2. The Bertz CT molecular complexity index is 958. The standard InChI is InChI=1S/C18H16N4OS2/c23-17(12-24-18-21-14-5-1-2-6-15(14)25-18)19-9-8-13-11-22-10-4-3-7-16(22)20-13/h1-7,10-11H,8-9,12H2,(H,19,23). The first-order valence-corrected chi connectivity index (χ1v) is 9.76. The van der Waals surface area contributed by atoms with Crippen LogP contribution in [0.5, 0.6) is 0 Å². The number of thiazole rings is 1. The highest BCUT2D eigenvalue weighted by molar-refractivity contribution is 8.01. The van der Waals surface area contributed by atoms with Crippen LogP contribution in [0.1, 0.15) is 5.69 Å². The summed E-state index contributed by atoms with van der Waals surface area (Å²) in [5.74, 6) is 0.401. The molecule has 1 N–H and O–H groups in total. The molecule has 4 aromatic rings. The Kier molecular flexibility index (Phi) is 4.67. The Morgan fingerprint density at radius 2 is 2.04 bits per heavy atom. The van der Waals surface area contributed by atoms with E-state index in [9.17, 15) is 4.79 Å². The second kappa shape index (κ2) is 7.25. The lowest BCUT2D eigenvalue weighted by Crippen LogP contribution is -2.27. The zero-order valence-electron chi connectivity index (χ0n) is 13.4. The van der Waals surface area contributed by atoms with Gasteiger partial charge in [0.2, 0.25) is 5.91 Å².